The molecule has 1 aromatic heterocycles. The van der Waals surface area contributed by atoms with Gasteiger partial charge in [0.2, 0.25) is 6.10 Å². The molecular weight excluding hydrogens is 306 g/mol. The van der Waals surface area contributed by atoms with E-state index < -0.39 is 6.10 Å². The highest BCUT2D eigenvalue weighted by Gasteiger charge is 2.33. The summed E-state index contributed by atoms with van der Waals surface area (Å²) in [5.74, 6) is 1.91. The molecule has 0 spiro atoms. The zero-order valence-electron chi connectivity index (χ0n) is 14.0. The van der Waals surface area contributed by atoms with Crippen molar-refractivity contribution in [2.24, 2.45) is 0 Å². The van der Waals surface area contributed by atoms with E-state index in [2.05, 4.69) is 10.3 Å². The fourth-order valence-electron chi connectivity index (χ4n) is 2.51. The molecule has 0 fully saturated rings. The largest absolute Gasteiger partial charge is 0.482 e. The highest BCUT2D eigenvalue weighted by atomic mass is 16.6. The van der Waals surface area contributed by atoms with Crippen molar-refractivity contribution in [2.75, 3.05) is 19.0 Å². The monoisotopic (exact) mass is 327 g/mol. The minimum absolute atomic E-state index is 0.194. The van der Waals surface area contributed by atoms with E-state index in [4.69, 9.17) is 9.47 Å². The number of aromatic nitrogens is 1. The molecular formula is C18H21N3O3. The number of nitrogens with one attached hydrogen (secondary N) is 1. The van der Waals surface area contributed by atoms with Crippen LogP contribution in [0.3, 0.4) is 0 Å². The van der Waals surface area contributed by atoms with Gasteiger partial charge in [0, 0.05) is 26.8 Å². The second-order valence-electron chi connectivity index (χ2n) is 5.94. The lowest BCUT2D eigenvalue weighted by molar-refractivity contribution is -0.133. The molecule has 6 nitrogen and oxygen atoms in total. The first kappa shape index (κ1) is 16.1. The minimum atomic E-state index is -0.671. The summed E-state index contributed by atoms with van der Waals surface area (Å²) >= 11 is 0. The molecule has 0 unspecified atom stereocenters. The molecule has 1 N–H and O–H groups in total. The number of rotatable bonds is 4. The molecule has 1 amide bonds. The molecule has 2 atom stereocenters. The predicted molar refractivity (Wildman–Crippen MR) is 91.4 cm³/mol. The first-order valence-electron chi connectivity index (χ1n) is 7.87. The van der Waals surface area contributed by atoms with Crippen molar-refractivity contribution < 1.29 is 14.3 Å². The third kappa shape index (κ3) is 3.42. The third-order valence-corrected chi connectivity index (χ3v) is 3.84. The Hall–Kier alpha value is -2.76. The third-order valence-electron chi connectivity index (χ3n) is 3.84. The SMILES string of the molecule is C[C@@H]1Oc2ccccc2O[C@H]1C(=O)NCc1ccnc(N(C)C)c1. The van der Waals surface area contributed by atoms with Gasteiger partial charge in [0.15, 0.2) is 11.5 Å². The van der Waals surface area contributed by atoms with Gasteiger partial charge in [-0.25, -0.2) is 4.98 Å². The van der Waals surface area contributed by atoms with Crippen molar-refractivity contribution in [2.45, 2.75) is 25.7 Å². The number of anilines is 1. The molecule has 0 saturated heterocycles. The summed E-state index contributed by atoms with van der Waals surface area (Å²) < 4.78 is 11.6. The zero-order valence-corrected chi connectivity index (χ0v) is 14.0. The summed E-state index contributed by atoms with van der Waals surface area (Å²) in [5.41, 5.74) is 0.979. The molecule has 0 bridgehead atoms. The molecule has 1 aliphatic rings. The highest BCUT2D eigenvalue weighted by Crippen LogP contribution is 2.33. The van der Waals surface area contributed by atoms with Crippen LogP contribution in [0.2, 0.25) is 0 Å². The first-order valence-corrected chi connectivity index (χ1v) is 7.87. The van der Waals surface area contributed by atoms with E-state index in [0.29, 0.717) is 18.0 Å². The molecule has 126 valence electrons. The van der Waals surface area contributed by atoms with Gasteiger partial charge in [-0.1, -0.05) is 12.1 Å². The summed E-state index contributed by atoms with van der Waals surface area (Å²) in [7, 11) is 3.86. The van der Waals surface area contributed by atoms with E-state index in [1.165, 1.54) is 0 Å². The number of benzene rings is 1. The lowest BCUT2D eigenvalue weighted by Gasteiger charge is -2.31. The molecule has 2 heterocycles. The molecule has 1 aromatic carbocycles. The van der Waals surface area contributed by atoms with Gasteiger partial charge in [-0.05, 0) is 36.8 Å². The van der Waals surface area contributed by atoms with Gasteiger partial charge in [0.1, 0.15) is 11.9 Å². The number of nitrogens with zero attached hydrogens (tertiary/aromatic N) is 2. The van der Waals surface area contributed by atoms with Crippen LogP contribution in [0.1, 0.15) is 12.5 Å². The van der Waals surface area contributed by atoms with Gasteiger partial charge in [-0.3, -0.25) is 4.79 Å². The fraction of sp³-hybridized carbons (Fsp3) is 0.333. The van der Waals surface area contributed by atoms with Crippen molar-refractivity contribution in [1.29, 1.82) is 0 Å². The Kier molecular flexibility index (Phi) is 4.55. The number of amides is 1. The van der Waals surface area contributed by atoms with E-state index in [1.807, 2.05) is 56.3 Å². The van der Waals surface area contributed by atoms with Crippen molar-refractivity contribution in [3.8, 4) is 11.5 Å². The summed E-state index contributed by atoms with van der Waals surface area (Å²) in [6.07, 6.45) is 0.709. The number of para-hydroxylation sites is 2. The predicted octanol–water partition coefficient (Wildman–Crippen LogP) is 1.99. The molecule has 24 heavy (non-hydrogen) atoms. The Morgan fingerprint density at radius 3 is 2.62 bits per heavy atom. The number of pyridine rings is 1. The zero-order chi connectivity index (χ0) is 17.1. The van der Waals surface area contributed by atoms with E-state index in [1.54, 1.807) is 12.3 Å². The van der Waals surface area contributed by atoms with E-state index >= 15 is 0 Å². The normalized spacial score (nSPS) is 18.8. The highest BCUT2D eigenvalue weighted by molar-refractivity contribution is 5.82. The lowest BCUT2D eigenvalue weighted by atomic mass is 10.1. The Morgan fingerprint density at radius 2 is 1.92 bits per heavy atom. The van der Waals surface area contributed by atoms with Crippen LogP contribution in [-0.4, -0.2) is 37.2 Å². The van der Waals surface area contributed by atoms with Crippen LogP contribution in [0.4, 0.5) is 5.82 Å². The number of hydrogen-bond acceptors (Lipinski definition) is 5. The summed E-state index contributed by atoms with van der Waals surface area (Å²) in [6.45, 7) is 2.24. The standard InChI is InChI=1S/C18H21N3O3/c1-12-17(24-15-7-5-4-6-14(15)23-12)18(22)20-11-13-8-9-19-16(10-13)21(2)3/h4-10,12,17H,11H2,1-3H3,(H,20,22)/t12-,17+/m0/s1. The summed E-state index contributed by atoms with van der Waals surface area (Å²) in [5, 5.41) is 2.91. The Labute approximate surface area is 141 Å². The van der Waals surface area contributed by atoms with E-state index in [-0.39, 0.29) is 12.0 Å². The molecule has 6 heteroatoms. The topological polar surface area (TPSA) is 63.7 Å². The second-order valence-corrected chi connectivity index (χ2v) is 5.94. The Bertz CT molecular complexity index is 733. The Balaban J connectivity index is 1.64. The first-order chi connectivity index (χ1) is 11.5. The van der Waals surface area contributed by atoms with Gasteiger partial charge in [0.25, 0.3) is 5.91 Å². The molecule has 2 aromatic rings. The molecule has 1 aliphatic heterocycles. The number of fused-ring (bicyclic) bond motifs is 1. The van der Waals surface area contributed by atoms with Crippen LogP contribution in [-0.2, 0) is 11.3 Å². The fourth-order valence-corrected chi connectivity index (χ4v) is 2.51. The lowest BCUT2D eigenvalue weighted by Crippen LogP contribution is -2.48. The van der Waals surface area contributed by atoms with Crippen molar-refractivity contribution in [1.82, 2.24) is 10.3 Å². The van der Waals surface area contributed by atoms with Crippen LogP contribution in [0.25, 0.3) is 0 Å². The maximum atomic E-state index is 12.5. The average molecular weight is 327 g/mol. The Morgan fingerprint density at radius 1 is 1.21 bits per heavy atom. The van der Waals surface area contributed by atoms with E-state index in [0.717, 1.165) is 11.4 Å². The number of carbonyl (C=O) groups is 1. The second kappa shape index (κ2) is 6.78. The van der Waals surface area contributed by atoms with Crippen molar-refractivity contribution >= 4 is 11.7 Å². The van der Waals surface area contributed by atoms with Crippen LogP contribution in [0.5, 0.6) is 11.5 Å². The smallest absolute Gasteiger partial charge is 0.265 e. The quantitative estimate of drug-likeness (QED) is 0.930. The van der Waals surface area contributed by atoms with Crippen LogP contribution < -0.4 is 19.7 Å². The molecule has 3 rings (SSSR count). The molecule has 0 saturated carbocycles. The average Bonchev–Trinajstić information content (AvgIpc) is 2.59. The van der Waals surface area contributed by atoms with Gasteiger partial charge in [-0.2, -0.15) is 0 Å². The van der Waals surface area contributed by atoms with E-state index in [9.17, 15) is 4.79 Å². The van der Waals surface area contributed by atoms with Gasteiger partial charge in [0.05, 0.1) is 0 Å². The van der Waals surface area contributed by atoms with Gasteiger partial charge >= 0.3 is 0 Å². The minimum Gasteiger partial charge on any atom is -0.482 e. The van der Waals surface area contributed by atoms with Crippen molar-refractivity contribution in [3.63, 3.8) is 0 Å². The molecule has 0 aliphatic carbocycles. The maximum absolute atomic E-state index is 12.5. The summed E-state index contributed by atoms with van der Waals surface area (Å²) in [4.78, 5) is 18.6. The number of ether oxygens (including phenoxy) is 2. The molecule has 0 radical (unpaired) electrons. The summed E-state index contributed by atoms with van der Waals surface area (Å²) in [6, 6.07) is 11.2. The van der Waals surface area contributed by atoms with Gasteiger partial charge < -0.3 is 19.7 Å². The maximum Gasteiger partial charge on any atom is 0.265 e. The van der Waals surface area contributed by atoms with Crippen molar-refractivity contribution in [3.05, 3.63) is 48.2 Å². The van der Waals surface area contributed by atoms with Crippen LogP contribution in [0, 0.1) is 0 Å². The number of hydrogen-bond donors (Lipinski definition) is 1. The van der Waals surface area contributed by atoms with Gasteiger partial charge in [-0.15, -0.1) is 0 Å². The van der Waals surface area contributed by atoms with Crippen LogP contribution >= 0.6 is 0 Å². The number of carbonyl (C=O) groups excluding carboxylic acids is 1. The van der Waals surface area contributed by atoms with Crippen LogP contribution in [0.15, 0.2) is 42.6 Å².